The summed E-state index contributed by atoms with van der Waals surface area (Å²) in [5.41, 5.74) is 1.34. The monoisotopic (exact) mass is 404 g/mol. The van der Waals surface area contributed by atoms with Crippen LogP contribution in [0.2, 0.25) is 0 Å². The van der Waals surface area contributed by atoms with Crippen LogP contribution in [0.4, 0.5) is 10.1 Å². The van der Waals surface area contributed by atoms with Crippen LogP contribution in [0.25, 0.3) is 10.4 Å². The van der Waals surface area contributed by atoms with Crippen LogP contribution >= 0.6 is 23.6 Å². The number of carbonyl (C=O) groups excluding carboxylic acids is 1. The van der Waals surface area contributed by atoms with E-state index in [1.165, 1.54) is 23.5 Å². The predicted octanol–water partition coefficient (Wildman–Crippen LogP) is 4.81. The highest BCUT2D eigenvalue weighted by Crippen LogP contribution is 2.35. The molecule has 8 heteroatoms. The molecule has 5 nitrogen and oxygen atoms in total. The van der Waals surface area contributed by atoms with Gasteiger partial charge in [-0.25, -0.2) is 9.18 Å². The number of thiophene rings is 1. The molecule has 0 unspecified atom stereocenters. The van der Waals surface area contributed by atoms with Gasteiger partial charge in [0.2, 0.25) is 0 Å². The predicted molar refractivity (Wildman–Crippen MR) is 107 cm³/mol. The van der Waals surface area contributed by atoms with Gasteiger partial charge in [-0.3, -0.25) is 0 Å². The Kier molecular flexibility index (Phi) is 6.20. The zero-order chi connectivity index (χ0) is 19.2. The SMILES string of the molecule is CCOC(=O)c1sc(-c2ccc(F)cc2)cc1NC(=S)NCc1ccco1. The number of benzene rings is 1. The van der Waals surface area contributed by atoms with Crippen LogP contribution in [-0.2, 0) is 11.3 Å². The number of ether oxygens (including phenoxy) is 1. The van der Waals surface area contributed by atoms with Crippen molar-refractivity contribution >= 4 is 40.3 Å². The van der Waals surface area contributed by atoms with Gasteiger partial charge in [0.1, 0.15) is 16.5 Å². The Bertz CT molecular complexity index is 921. The molecule has 140 valence electrons. The molecule has 1 aromatic carbocycles. The first-order chi connectivity index (χ1) is 13.1. The molecular formula is C19H17FN2O3S2. The van der Waals surface area contributed by atoms with Gasteiger partial charge in [-0.05, 0) is 55.0 Å². The largest absolute Gasteiger partial charge is 0.467 e. The fourth-order valence-electron chi connectivity index (χ4n) is 2.34. The van der Waals surface area contributed by atoms with E-state index in [2.05, 4.69) is 10.6 Å². The Morgan fingerprint density at radius 2 is 2.07 bits per heavy atom. The molecule has 2 N–H and O–H groups in total. The number of esters is 1. The Morgan fingerprint density at radius 3 is 2.74 bits per heavy atom. The van der Waals surface area contributed by atoms with Crippen molar-refractivity contribution in [1.29, 1.82) is 0 Å². The first-order valence-corrected chi connectivity index (χ1v) is 9.43. The third-order valence-electron chi connectivity index (χ3n) is 3.57. The van der Waals surface area contributed by atoms with Crippen LogP contribution in [-0.4, -0.2) is 17.7 Å². The van der Waals surface area contributed by atoms with E-state index in [0.717, 1.165) is 16.2 Å². The average molecular weight is 404 g/mol. The Labute approximate surface area is 165 Å². The van der Waals surface area contributed by atoms with Gasteiger partial charge in [0.25, 0.3) is 0 Å². The molecule has 0 atom stereocenters. The molecular weight excluding hydrogens is 387 g/mol. The van der Waals surface area contributed by atoms with Gasteiger partial charge < -0.3 is 19.8 Å². The summed E-state index contributed by atoms with van der Waals surface area (Å²) in [7, 11) is 0. The lowest BCUT2D eigenvalue weighted by Gasteiger charge is -2.09. The van der Waals surface area contributed by atoms with Gasteiger partial charge in [0.05, 0.1) is 25.1 Å². The van der Waals surface area contributed by atoms with Crippen LogP contribution in [0.5, 0.6) is 0 Å². The topological polar surface area (TPSA) is 63.5 Å². The summed E-state index contributed by atoms with van der Waals surface area (Å²) < 4.78 is 23.5. The van der Waals surface area contributed by atoms with Crippen LogP contribution in [0.1, 0.15) is 22.4 Å². The van der Waals surface area contributed by atoms with E-state index in [9.17, 15) is 9.18 Å². The highest BCUT2D eigenvalue weighted by Gasteiger charge is 2.19. The Morgan fingerprint density at radius 1 is 1.30 bits per heavy atom. The number of thiocarbonyl (C=S) groups is 1. The van der Waals surface area contributed by atoms with Gasteiger partial charge in [-0.15, -0.1) is 11.3 Å². The maximum Gasteiger partial charge on any atom is 0.350 e. The first kappa shape index (κ1) is 19.1. The van der Waals surface area contributed by atoms with Gasteiger partial charge in [-0.1, -0.05) is 12.1 Å². The highest BCUT2D eigenvalue weighted by atomic mass is 32.1. The molecule has 0 radical (unpaired) electrons. The molecule has 0 aliphatic carbocycles. The zero-order valence-corrected chi connectivity index (χ0v) is 16.1. The number of nitrogens with one attached hydrogen (secondary N) is 2. The second-order valence-corrected chi connectivity index (χ2v) is 6.93. The van der Waals surface area contributed by atoms with E-state index in [4.69, 9.17) is 21.4 Å². The van der Waals surface area contributed by atoms with Crippen molar-refractivity contribution in [2.45, 2.75) is 13.5 Å². The molecule has 0 aliphatic heterocycles. The molecule has 2 heterocycles. The fourth-order valence-corrected chi connectivity index (χ4v) is 3.53. The molecule has 0 saturated heterocycles. The second-order valence-electron chi connectivity index (χ2n) is 5.47. The molecule has 27 heavy (non-hydrogen) atoms. The molecule has 3 aromatic rings. The summed E-state index contributed by atoms with van der Waals surface area (Å²) in [6, 6.07) is 11.5. The van der Waals surface area contributed by atoms with E-state index in [-0.39, 0.29) is 12.4 Å². The summed E-state index contributed by atoms with van der Waals surface area (Å²) in [4.78, 5) is 13.5. The van der Waals surface area contributed by atoms with Crippen molar-refractivity contribution < 1.29 is 18.3 Å². The van der Waals surface area contributed by atoms with Gasteiger partial charge in [0.15, 0.2) is 5.11 Å². The van der Waals surface area contributed by atoms with Crippen molar-refractivity contribution in [2.24, 2.45) is 0 Å². The molecule has 0 aliphatic rings. The number of halogens is 1. The standard InChI is InChI=1S/C19H17FN2O3S2/c1-2-24-18(23)17-15(22-19(26)21-11-14-4-3-9-25-14)10-16(27-17)12-5-7-13(20)8-6-12/h3-10H,2,11H2,1H3,(H2,21,22,26). The van der Waals surface area contributed by atoms with Gasteiger partial charge >= 0.3 is 5.97 Å². The number of furan rings is 1. The Balaban J connectivity index is 1.79. The minimum atomic E-state index is -0.438. The lowest BCUT2D eigenvalue weighted by atomic mass is 10.2. The summed E-state index contributed by atoms with van der Waals surface area (Å²) in [5.74, 6) is -0.0168. The lowest BCUT2D eigenvalue weighted by Crippen LogP contribution is -2.28. The van der Waals surface area contributed by atoms with E-state index in [1.807, 2.05) is 6.07 Å². The maximum absolute atomic E-state index is 13.2. The summed E-state index contributed by atoms with van der Waals surface area (Å²) >= 11 is 6.56. The average Bonchev–Trinajstić information content (AvgIpc) is 3.31. The van der Waals surface area contributed by atoms with Crippen molar-refractivity contribution in [1.82, 2.24) is 5.32 Å². The molecule has 3 rings (SSSR count). The highest BCUT2D eigenvalue weighted by molar-refractivity contribution is 7.80. The fraction of sp³-hybridized carbons (Fsp3) is 0.158. The van der Waals surface area contributed by atoms with Gasteiger partial charge in [0, 0.05) is 4.88 Å². The number of rotatable bonds is 6. The van der Waals surface area contributed by atoms with Crippen molar-refractivity contribution in [3.8, 4) is 10.4 Å². The third-order valence-corrected chi connectivity index (χ3v) is 4.98. The molecule has 0 bridgehead atoms. The number of hydrogen-bond donors (Lipinski definition) is 2. The van der Waals surface area contributed by atoms with Crippen LogP contribution in [0.15, 0.2) is 53.1 Å². The maximum atomic E-state index is 13.2. The zero-order valence-electron chi connectivity index (χ0n) is 14.5. The van der Waals surface area contributed by atoms with Gasteiger partial charge in [-0.2, -0.15) is 0 Å². The number of anilines is 1. The molecule has 2 aromatic heterocycles. The quantitative estimate of drug-likeness (QED) is 0.454. The van der Waals surface area contributed by atoms with E-state index in [0.29, 0.717) is 22.2 Å². The summed E-state index contributed by atoms with van der Waals surface area (Å²) in [5, 5.41) is 6.39. The van der Waals surface area contributed by atoms with Crippen molar-refractivity contribution in [3.63, 3.8) is 0 Å². The van der Waals surface area contributed by atoms with Crippen LogP contribution < -0.4 is 10.6 Å². The van der Waals surface area contributed by atoms with E-state index in [1.54, 1.807) is 37.5 Å². The molecule has 0 amide bonds. The summed E-state index contributed by atoms with van der Waals surface area (Å²) in [6.07, 6.45) is 1.58. The minimum absolute atomic E-state index is 0.267. The lowest BCUT2D eigenvalue weighted by molar-refractivity contribution is 0.0533. The normalized spacial score (nSPS) is 10.4. The van der Waals surface area contributed by atoms with E-state index < -0.39 is 5.97 Å². The molecule has 0 fully saturated rings. The minimum Gasteiger partial charge on any atom is -0.467 e. The molecule has 0 spiro atoms. The van der Waals surface area contributed by atoms with Crippen LogP contribution in [0.3, 0.4) is 0 Å². The smallest absolute Gasteiger partial charge is 0.350 e. The molecule has 0 saturated carbocycles. The van der Waals surface area contributed by atoms with Crippen molar-refractivity contribution in [3.05, 3.63) is 65.2 Å². The first-order valence-electron chi connectivity index (χ1n) is 8.21. The van der Waals surface area contributed by atoms with Crippen molar-refractivity contribution in [2.75, 3.05) is 11.9 Å². The van der Waals surface area contributed by atoms with Crippen LogP contribution in [0, 0.1) is 5.82 Å². The number of hydrogen-bond acceptors (Lipinski definition) is 5. The van der Waals surface area contributed by atoms with E-state index >= 15 is 0 Å². The summed E-state index contributed by atoms with van der Waals surface area (Å²) in [6.45, 7) is 2.43. The second kappa shape index (κ2) is 8.79. The Hall–Kier alpha value is -2.71. The number of carbonyl (C=O) groups is 1. The third kappa shape index (κ3) is 4.93.